The van der Waals surface area contributed by atoms with E-state index in [1.165, 1.54) is 0 Å². The van der Waals surface area contributed by atoms with Crippen LogP contribution >= 0.6 is 11.3 Å². The smallest absolute Gasteiger partial charge is 0.253 e. The quantitative estimate of drug-likeness (QED) is 0.933. The molecule has 2 aromatic rings. The standard InChI is InChI=1S/C14H17N3OS/c1-10-13(19-9-16-10)8-17(3)14(18)11-4-6-12(15-2)7-5-11/h4-7,9,15H,8H2,1-3H3. The molecule has 0 fully saturated rings. The minimum atomic E-state index is 0.0236. The summed E-state index contributed by atoms with van der Waals surface area (Å²) in [5.74, 6) is 0.0236. The third-order valence-corrected chi connectivity index (χ3v) is 3.91. The molecule has 100 valence electrons. The number of amides is 1. The molecule has 1 aromatic heterocycles. The molecule has 4 nitrogen and oxygen atoms in total. The van der Waals surface area contributed by atoms with Crippen molar-refractivity contribution >= 4 is 22.9 Å². The van der Waals surface area contributed by atoms with Crippen molar-refractivity contribution in [2.45, 2.75) is 13.5 Å². The summed E-state index contributed by atoms with van der Waals surface area (Å²) in [5.41, 5.74) is 4.50. The van der Waals surface area contributed by atoms with E-state index in [0.29, 0.717) is 12.1 Å². The Morgan fingerprint density at radius 3 is 2.58 bits per heavy atom. The highest BCUT2D eigenvalue weighted by molar-refractivity contribution is 7.09. The molecule has 1 N–H and O–H groups in total. The number of rotatable bonds is 4. The minimum Gasteiger partial charge on any atom is -0.388 e. The zero-order valence-electron chi connectivity index (χ0n) is 11.3. The molecule has 0 saturated heterocycles. The van der Waals surface area contributed by atoms with Crippen molar-refractivity contribution in [1.29, 1.82) is 0 Å². The van der Waals surface area contributed by atoms with Gasteiger partial charge in [-0.1, -0.05) is 0 Å². The Kier molecular flexibility index (Phi) is 4.16. The van der Waals surface area contributed by atoms with Crippen LogP contribution in [0.3, 0.4) is 0 Å². The first-order chi connectivity index (χ1) is 9.11. The minimum absolute atomic E-state index is 0.0236. The predicted octanol–water partition coefficient (Wildman–Crippen LogP) is 2.77. The van der Waals surface area contributed by atoms with Gasteiger partial charge in [-0.15, -0.1) is 11.3 Å². The Balaban J connectivity index is 2.08. The zero-order chi connectivity index (χ0) is 13.8. The van der Waals surface area contributed by atoms with Gasteiger partial charge in [-0.2, -0.15) is 0 Å². The molecule has 0 bridgehead atoms. The molecule has 0 spiro atoms. The maximum absolute atomic E-state index is 12.3. The highest BCUT2D eigenvalue weighted by Crippen LogP contribution is 2.16. The summed E-state index contributed by atoms with van der Waals surface area (Å²) in [7, 11) is 3.67. The fourth-order valence-corrected chi connectivity index (χ4v) is 2.59. The van der Waals surface area contributed by atoms with Crippen molar-refractivity contribution in [2.75, 3.05) is 19.4 Å². The Morgan fingerprint density at radius 2 is 2.05 bits per heavy atom. The second kappa shape index (κ2) is 5.84. The van der Waals surface area contributed by atoms with Gasteiger partial charge in [-0.05, 0) is 31.2 Å². The van der Waals surface area contributed by atoms with Gasteiger partial charge in [0.05, 0.1) is 17.7 Å². The first-order valence-electron chi connectivity index (χ1n) is 6.04. The number of carbonyl (C=O) groups is 1. The monoisotopic (exact) mass is 275 g/mol. The second-order valence-electron chi connectivity index (χ2n) is 4.35. The maximum Gasteiger partial charge on any atom is 0.253 e. The summed E-state index contributed by atoms with van der Waals surface area (Å²) < 4.78 is 0. The van der Waals surface area contributed by atoms with Crippen LogP contribution in [0.5, 0.6) is 0 Å². The molecule has 5 heteroatoms. The van der Waals surface area contributed by atoms with Crippen LogP contribution in [-0.4, -0.2) is 29.9 Å². The molecule has 0 aliphatic heterocycles. The number of hydrogen-bond acceptors (Lipinski definition) is 4. The van der Waals surface area contributed by atoms with Gasteiger partial charge >= 0.3 is 0 Å². The molecule has 0 unspecified atom stereocenters. The molecule has 0 aliphatic rings. The van der Waals surface area contributed by atoms with E-state index < -0.39 is 0 Å². The topological polar surface area (TPSA) is 45.2 Å². The number of anilines is 1. The van der Waals surface area contributed by atoms with E-state index in [2.05, 4.69) is 10.3 Å². The molecule has 0 atom stereocenters. The van der Waals surface area contributed by atoms with E-state index in [1.807, 2.05) is 50.8 Å². The van der Waals surface area contributed by atoms with Crippen LogP contribution in [0.15, 0.2) is 29.8 Å². The average molecular weight is 275 g/mol. The lowest BCUT2D eigenvalue weighted by molar-refractivity contribution is 0.0786. The Morgan fingerprint density at radius 1 is 1.37 bits per heavy atom. The molecule has 19 heavy (non-hydrogen) atoms. The van der Waals surface area contributed by atoms with Crippen LogP contribution in [0.2, 0.25) is 0 Å². The highest BCUT2D eigenvalue weighted by atomic mass is 32.1. The number of aryl methyl sites for hydroxylation is 1. The van der Waals surface area contributed by atoms with Gasteiger partial charge in [0.15, 0.2) is 0 Å². The van der Waals surface area contributed by atoms with Crippen molar-refractivity contribution in [3.8, 4) is 0 Å². The van der Waals surface area contributed by atoms with Gasteiger partial charge in [-0.25, -0.2) is 4.98 Å². The first-order valence-corrected chi connectivity index (χ1v) is 6.92. The molecule has 0 aliphatic carbocycles. The van der Waals surface area contributed by atoms with E-state index in [9.17, 15) is 4.79 Å². The summed E-state index contributed by atoms with van der Waals surface area (Å²) in [4.78, 5) is 19.3. The van der Waals surface area contributed by atoms with Crippen molar-refractivity contribution in [2.24, 2.45) is 0 Å². The third kappa shape index (κ3) is 3.12. The predicted molar refractivity (Wildman–Crippen MR) is 78.6 cm³/mol. The summed E-state index contributed by atoms with van der Waals surface area (Å²) in [6, 6.07) is 7.48. The fourth-order valence-electron chi connectivity index (χ4n) is 1.77. The van der Waals surface area contributed by atoms with Gasteiger partial charge in [0.1, 0.15) is 0 Å². The van der Waals surface area contributed by atoms with Crippen molar-refractivity contribution in [3.63, 3.8) is 0 Å². The summed E-state index contributed by atoms with van der Waals surface area (Å²) >= 11 is 1.58. The summed E-state index contributed by atoms with van der Waals surface area (Å²) in [6.07, 6.45) is 0. The lowest BCUT2D eigenvalue weighted by Gasteiger charge is -2.16. The van der Waals surface area contributed by atoms with Crippen LogP contribution in [-0.2, 0) is 6.54 Å². The Labute approximate surface area is 117 Å². The van der Waals surface area contributed by atoms with Crippen molar-refractivity contribution < 1.29 is 4.79 Å². The number of hydrogen-bond donors (Lipinski definition) is 1. The highest BCUT2D eigenvalue weighted by Gasteiger charge is 2.13. The lowest BCUT2D eigenvalue weighted by atomic mass is 10.2. The number of thiazole rings is 1. The number of nitrogens with one attached hydrogen (secondary N) is 1. The fraction of sp³-hybridized carbons (Fsp3) is 0.286. The van der Waals surface area contributed by atoms with Crippen LogP contribution in [0.25, 0.3) is 0 Å². The maximum atomic E-state index is 12.3. The third-order valence-electron chi connectivity index (χ3n) is 2.99. The Hall–Kier alpha value is -1.88. The molecule has 0 radical (unpaired) electrons. The zero-order valence-corrected chi connectivity index (χ0v) is 12.1. The van der Waals surface area contributed by atoms with Gasteiger partial charge in [-0.3, -0.25) is 4.79 Å². The normalized spacial score (nSPS) is 10.3. The van der Waals surface area contributed by atoms with Gasteiger partial charge in [0.2, 0.25) is 0 Å². The van der Waals surface area contributed by atoms with Crippen molar-refractivity contribution in [3.05, 3.63) is 45.9 Å². The number of nitrogens with zero attached hydrogens (tertiary/aromatic N) is 2. The van der Waals surface area contributed by atoms with Gasteiger partial charge < -0.3 is 10.2 Å². The Bertz CT molecular complexity index is 562. The summed E-state index contributed by atoms with van der Waals surface area (Å²) in [6.45, 7) is 2.56. The molecule has 1 aromatic carbocycles. The van der Waals surface area contributed by atoms with Gasteiger partial charge in [0.25, 0.3) is 5.91 Å². The van der Waals surface area contributed by atoms with Gasteiger partial charge in [0, 0.05) is 30.2 Å². The number of carbonyl (C=O) groups excluding carboxylic acids is 1. The second-order valence-corrected chi connectivity index (χ2v) is 5.29. The largest absolute Gasteiger partial charge is 0.388 e. The first kappa shape index (κ1) is 13.5. The molecule has 2 rings (SSSR count). The number of aromatic nitrogens is 1. The molecule has 0 saturated carbocycles. The number of benzene rings is 1. The average Bonchev–Trinajstić information content (AvgIpc) is 2.83. The molecule has 1 amide bonds. The van der Waals surface area contributed by atoms with Crippen LogP contribution in [0.1, 0.15) is 20.9 Å². The van der Waals surface area contributed by atoms with Crippen LogP contribution < -0.4 is 5.32 Å². The van der Waals surface area contributed by atoms with E-state index >= 15 is 0 Å². The molecular formula is C14H17N3OS. The van der Waals surface area contributed by atoms with Crippen LogP contribution in [0, 0.1) is 6.92 Å². The van der Waals surface area contributed by atoms with Crippen LogP contribution in [0.4, 0.5) is 5.69 Å². The SMILES string of the molecule is CNc1ccc(C(=O)N(C)Cc2scnc2C)cc1. The van der Waals surface area contributed by atoms with E-state index in [0.717, 1.165) is 16.3 Å². The van der Waals surface area contributed by atoms with E-state index in [-0.39, 0.29) is 5.91 Å². The summed E-state index contributed by atoms with van der Waals surface area (Å²) in [5, 5.41) is 3.03. The van der Waals surface area contributed by atoms with Crippen molar-refractivity contribution in [1.82, 2.24) is 9.88 Å². The lowest BCUT2D eigenvalue weighted by Crippen LogP contribution is -2.26. The van der Waals surface area contributed by atoms with E-state index in [1.54, 1.807) is 16.2 Å². The van der Waals surface area contributed by atoms with E-state index in [4.69, 9.17) is 0 Å². The molecular weight excluding hydrogens is 258 g/mol. The molecule has 1 heterocycles.